The molecule has 0 N–H and O–H groups in total. The van der Waals surface area contributed by atoms with Gasteiger partial charge in [-0.1, -0.05) is 56.6 Å². The fourth-order valence-corrected chi connectivity index (χ4v) is 4.25. The molecule has 0 aromatic carbocycles. The average molecular weight is 204 g/mol. The van der Waals surface area contributed by atoms with E-state index in [4.69, 9.17) is 0 Å². The quantitative estimate of drug-likeness (QED) is 0.543. The molecule has 84 valence electrons. The first kappa shape index (κ1) is 9.93. The van der Waals surface area contributed by atoms with Crippen molar-refractivity contribution in [2.45, 2.75) is 64.2 Å². The van der Waals surface area contributed by atoms with Crippen molar-refractivity contribution >= 4 is 0 Å². The van der Waals surface area contributed by atoms with Crippen molar-refractivity contribution in [2.75, 3.05) is 0 Å². The van der Waals surface area contributed by atoms with Crippen LogP contribution in [0.2, 0.25) is 0 Å². The van der Waals surface area contributed by atoms with Crippen LogP contribution in [0, 0.1) is 17.8 Å². The Morgan fingerprint density at radius 3 is 2.13 bits per heavy atom. The average Bonchev–Trinajstić information content (AvgIpc) is 2.78. The molecule has 0 saturated heterocycles. The van der Waals surface area contributed by atoms with Crippen LogP contribution in [-0.2, 0) is 0 Å². The molecule has 0 heterocycles. The predicted molar refractivity (Wildman–Crippen MR) is 64.7 cm³/mol. The minimum Gasteiger partial charge on any atom is -0.0850 e. The Hall–Kier alpha value is -0.260. The number of rotatable bonds is 1. The summed E-state index contributed by atoms with van der Waals surface area (Å²) >= 11 is 0. The van der Waals surface area contributed by atoms with Crippen LogP contribution in [-0.4, -0.2) is 0 Å². The maximum absolute atomic E-state index is 2.53. The summed E-state index contributed by atoms with van der Waals surface area (Å²) in [7, 11) is 0. The van der Waals surface area contributed by atoms with Gasteiger partial charge in [0.05, 0.1) is 0 Å². The number of hydrogen-bond donors (Lipinski definition) is 0. The van der Waals surface area contributed by atoms with Gasteiger partial charge in [0.1, 0.15) is 0 Å². The number of hydrogen-bond acceptors (Lipinski definition) is 0. The minimum atomic E-state index is 1.07. The van der Waals surface area contributed by atoms with E-state index in [1.807, 2.05) is 5.57 Å². The van der Waals surface area contributed by atoms with E-state index in [2.05, 4.69) is 6.08 Å². The van der Waals surface area contributed by atoms with Gasteiger partial charge < -0.3 is 0 Å². The zero-order chi connectivity index (χ0) is 10.1. The predicted octanol–water partition coefficient (Wildman–Crippen LogP) is 4.70. The lowest BCUT2D eigenvalue weighted by Crippen LogP contribution is -2.20. The fourth-order valence-electron chi connectivity index (χ4n) is 4.25. The first-order valence-electron chi connectivity index (χ1n) is 7.11. The van der Waals surface area contributed by atoms with Crippen molar-refractivity contribution in [3.8, 4) is 0 Å². The third kappa shape index (κ3) is 2.00. The Balaban J connectivity index is 1.62. The lowest BCUT2D eigenvalue weighted by molar-refractivity contribution is 0.215. The molecule has 2 saturated carbocycles. The molecule has 0 nitrogen and oxygen atoms in total. The fraction of sp³-hybridized carbons (Fsp3) is 0.867. The molecule has 3 aliphatic rings. The minimum absolute atomic E-state index is 1.07. The second kappa shape index (κ2) is 4.31. The smallest absolute Gasteiger partial charge is 0.0286 e. The van der Waals surface area contributed by atoms with Crippen molar-refractivity contribution in [1.29, 1.82) is 0 Å². The van der Waals surface area contributed by atoms with Crippen molar-refractivity contribution in [3.63, 3.8) is 0 Å². The Morgan fingerprint density at radius 2 is 1.53 bits per heavy atom. The van der Waals surface area contributed by atoms with Gasteiger partial charge in [0.25, 0.3) is 0 Å². The summed E-state index contributed by atoms with van der Waals surface area (Å²) in [5, 5.41) is 0. The normalized spacial score (nSPS) is 37.5. The second-order valence-electron chi connectivity index (χ2n) is 6.04. The van der Waals surface area contributed by atoms with Crippen molar-refractivity contribution in [3.05, 3.63) is 11.6 Å². The Morgan fingerprint density at radius 1 is 0.800 bits per heavy atom. The van der Waals surface area contributed by atoms with Crippen LogP contribution < -0.4 is 0 Å². The highest BCUT2D eigenvalue weighted by Gasteiger charge is 2.38. The van der Waals surface area contributed by atoms with Crippen molar-refractivity contribution in [1.82, 2.24) is 0 Å². The number of fused-ring (bicyclic) bond motifs is 2. The molecule has 2 fully saturated rings. The van der Waals surface area contributed by atoms with Crippen molar-refractivity contribution in [2.24, 2.45) is 17.8 Å². The van der Waals surface area contributed by atoms with Crippen LogP contribution in [0.4, 0.5) is 0 Å². The number of allylic oxidation sites excluding steroid dienone is 2. The lowest BCUT2D eigenvalue weighted by atomic mass is 9.75. The van der Waals surface area contributed by atoms with Gasteiger partial charge in [-0.15, -0.1) is 0 Å². The zero-order valence-corrected chi connectivity index (χ0v) is 9.88. The highest BCUT2D eigenvalue weighted by atomic mass is 14.4. The molecule has 3 aliphatic carbocycles. The van der Waals surface area contributed by atoms with E-state index in [1.54, 1.807) is 12.8 Å². The van der Waals surface area contributed by atoms with E-state index >= 15 is 0 Å². The molecule has 0 aromatic heterocycles. The van der Waals surface area contributed by atoms with Gasteiger partial charge in [0.2, 0.25) is 0 Å². The summed E-state index contributed by atoms with van der Waals surface area (Å²) < 4.78 is 0. The van der Waals surface area contributed by atoms with Gasteiger partial charge in [-0.3, -0.25) is 0 Å². The third-order valence-corrected chi connectivity index (χ3v) is 5.09. The van der Waals surface area contributed by atoms with E-state index in [-0.39, 0.29) is 0 Å². The second-order valence-corrected chi connectivity index (χ2v) is 6.04. The van der Waals surface area contributed by atoms with Crippen LogP contribution in [0.1, 0.15) is 64.2 Å². The molecule has 0 spiro atoms. The van der Waals surface area contributed by atoms with Gasteiger partial charge >= 0.3 is 0 Å². The Bertz CT molecular complexity index is 243. The van der Waals surface area contributed by atoms with Crippen LogP contribution in [0.5, 0.6) is 0 Å². The molecule has 15 heavy (non-hydrogen) atoms. The maximum atomic E-state index is 2.53. The van der Waals surface area contributed by atoms with Gasteiger partial charge in [0, 0.05) is 0 Å². The summed E-state index contributed by atoms with van der Waals surface area (Å²) in [6.07, 6.45) is 17.6. The molecular weight excluding hydrogens is 180 g/mol. The summed E-state index contributed by atoms with van der Waals surface area (Å²) in [4.78, 5) is 0. The molecular formula is C15H24. The summed E-state index contributed by atoms with van der Waals surface area (Å²) in [5.41, 5.74) is 1.81. The summed E-state index contributed by atoms with van der Waals surface area (Å²) in [6, 6.07) is 0. The van der Waals surface area contributed by atoms with E-state index in [0.717, 1.165) is 17.8 Å². The van der Waals surface area contributed by atoms with E-state index < -0.39 is 0 Å². The van der Waals surface area contributed by atoms with E-state index in [1.165, 1.54) is 51.4 Å². The summed E-state index contributed by atoms with van der Waals surface area (Å²) in [5.74, 6) is 3.27. The van der Waals surface area contributed by atoms with Crippen LogP contribution in [0.3, 0.4) is 0 Å². The first-order valence-corrected chi connectivity index (χ1v) is 7.11. The first-order chi connectivity index (χ1) is 7.43. The van der Waals surface area contributed by atoms with Gasteiger partial charge in [0.15, 0.2) is 0 Å². The van der Waals surface area contributed by atoms with Crippen LogP contribution >= 0.6 is 0 Å². The highest BCUT2D eigenvalue weighted by Crippen LogP contribution is 2.49. The van der Waals surface area contributed by atoms with E-state index in [0.29, 0.717) is 0 Å². The van der Waals surface area contributed by atoms with Gasteiger partial charge in [-0.05, 0) is 37.0 Å². The summed E-state index contributed by atoms with van der Waals surface area (Å²) in [6.45, 7) is 0. The largest absolute Gasteiger partial charge is 0.0850 e. The van der Waals surface area contributed by atoms with Crippen LogP contribution in [0.25, 0.3) is 0 Å². The molecule has 0 aromatic rings. The maximum Gasteiger partial charge on any atom is -0.0286 e. The molecule has 3 rings (SSSR count). The molecule has 2 unspecified atom stereocenters. The molecule has 0 radical (unpaired) electrons. The van der Waals surface area contributed by atoms with Crippen LogP contribution in [0.15, 0.2) is 11.6 Å². The van der Waals surface area contributed by atoms with E-state index in [9.17, 15) is 0 Å². The monoisotopic (exact) mass is 204 g/mol. The molecule has 0 aliphatic heterocycles. The zero-order valence-electron chi connectivity index (χ0n) is 9.88. The lowest BCUT2D eigenvalue weighted by Gasteiger charge is -2.30. The Labute approximate surface area is 94.1 Å². The van der Waals surface area contributed by atoms with Gasteiger partial charge in [-0.2, -0.15) is 0 Å². The molecule has 0 amide bonds. The highest BCUT2D eigenvalue weighted by molar-refractivity contribution is 5.18. The SMILES string of the molecule is C1=C2CC(C1)C(C1CCCCCCC1)C2. The van der Waals surface area contributed by atoms with Gasteiger partial charge in [-0.25, -0.2) is 0 Å². The standard InChI is InChI=1S/C15H24/c1-2-4-6-13(7-5-3-1)15-11-12-8-9-14(15)10-12/h8,13-15H,1-7,9-11H2. The Kier molecular flexibility index (Phi) is 2.86. The molecule has 2 bridgehead atoms. The van der Waals surface area contributed by atoms with Crippen molar-refractivity contribution < 1.29 is 0 Å². The third-order valence-electron chi connectivity index (χ3n) is 5.09. The topological polar surface area (TPSA) is 0 Å². The molecule has 2 atom stereocenters. The molecule has 0 heteroatoms.